The lowest BCUT2D eigenvalue weighted by molar-refractivity contribution is 0.0205. The molecule has 0 fully saturated rings. The van der Waals surface area contributed by atoms with Crippen LogP contribution in [0.1, 0.15) is 5.56 Å². The number of rotatable bonds is 8. The molecule has 0 saturated heterocycles. The first kappa shape index (κ1) is 17.1. The van der Waals surface area contributed by atoms with Gasteiger partial charge >= 0.3 is 0 Å². The smallest absolute Gasteiger partial charge is 0.158 e. The van der Waals surface area contributed by atoms with Crippen molar-refractivity contribution in [3.05, 3.63) is 66.6 Å². The Labute approximate surface area is 146 Å². The van der Waals surface area contributed by atoms with Gasteiger partial charge < -0.3 is 19.1 Å². The average molecular weight is 339 g/mol. The van der Waals surface area contributed by atoms with E-state index in [2.05, 4.69) is 9.97 Å². The summed E-state index contributed by atoms with van der Waals surface area (Å²) in [6.45, 7) is 1.08. The number of aliphatic hydroxyl groups excluding tert-OH is 1. The first-order valence-corrected chi connectivity index (χ1v) is 8.07. The van der Waals surface area contributed by atoms with Crippen molar-refractivity contribution in [3.8, 4) is 17.3 Å². The molecular formula is C19H21N3O3. The molecule has 0 spiro atoms. The average Bonchev–Trinajstić information content (AvgIpc) is 3.11. The van der Waals surface area contributed by atoms with Crippen LogP contribution in [0.15, 0.2) is 61.1 Å². The van der Waals surface area contributed by atoms with Gasteiger partial charge in [0.05, 0.1) is 33.0 Å². The molecule has 0 amide bonds. The Bertz CT molecular complexity index is 772. The predicted octanol–water partition coefficient (Wildman–Crippen LogP) is 2.53. The fraction of sp³-hybridized carbons (Fsp3) is 0.263. The van der Waals surface area contributed by atoms with Gasteiger partial charge in [0.15, 0.2) is 5.82 Å². The molecule has 0 saturated carbocycles. The molecule has 2 aromatic heterocycles. The van der Waals surface area contributed by atoms with E-state index in [0.29, 0.717) is 13.2 Å². The predicted molar refractivity (Wildman–Crippen MR) is 94.1 cm³/mol. The summed E-state index contributed by atoms with van der Waals surface area (Å²) in [5.41, 5.74) is 1.81. The van der Waals surface area contributed by atoms with E-state index in [-0.39, 0.29) is 6.61 Å². The number of imidazole rings is 1. The molecule has 0 bridgehead atoms. The summed E-state index contributed by atoms with van der Waals surface area (Å²) >= 11 is 0. The highest BCUT2D eigenvalue weighted by atomic mass is 16.5. The summed E-state index contributed by atoms with van der Waals surface area (Å²) in [5.74, 6) is 1.54. The largest absolute Gasteiger partial charge is 0.497 e. The van der Waals surface area contributed by atoms with E-state index in [1.54, 1.807) is 19.5 Å². The van der Waals surface area contributed by atoms with Gasteiger partial charge in [-0.05, 0) is 29.8 Å². The van der Waals surface area contributed by atoms with E-state index in [1.807, 2.05) is 53.2 Å². The zero-order valence-corrected chi connectivity index (χ0v) is 14.1. The third-order valence-electron chi connectivity index (χ3n) is 3.75. The van der Waals surface area contributed by atoms with Gasteiger partial charge in [0.25, 0.3) is 0 Å². The SMILES string of the molecule is COc1ccc(COCC(O)Cn2ccnc2-c2ccccn2)cc1. The lowest BCUT2D eigenvalue weighted by Crippen LogP contribution is -2.22. The van der Waals surface area contributed by atoms with Crippen LogP contribution < -0.4 is 4.74 Å². The Morgan fingerprint density at radius 1 is 1.08 bits per heavy atom. The van der Waals surface area contributed by atoms with Crippen LogP contribution in [0.25, 0.3) is 11.5 Å². The van der Waals surface area contributed by atoms with Gasteiger partial charge in [0.1, 0.15) is 11.4 Å². The van der Waals surface area contributed by atoms with Crippen molar-refractivity contribution >= 4 is 0 Å². The number of hydrogen-bond donors (Lipinski definition) is 1. The number of ether oxygens (including phenoxy) is 2. The summed E-state index contributed by atoms with van der Waals surface area (Å²) in [4.78, 5) is 8.62. The normalized spacial score (nSPS) is 12.1. The van der Waals surface area contributed by atoms with E-state index in [1.165, 1.54) is 0 Å². The van der Waals surface area contributed by atoms with Crippen molar-refractivity contribution in [2.75, 3.05) is 13.7 Å². The molecule has 2 heterocycles. The van der Waals surface area contributed by atoms with Gasteiger partial charge in [0, 0.05) is 18.6 Å². The number of methoxy groups -OCH3 is 1. The minimum atomic E-state index is -0.630. The number of benzene rings is 1. The zero-order chi connectivity index (χ0) is 17.5. The minimum absolute atomic E-state index is 0.242. The Morgan fingerprint density at radius 2 is 1.92 bits per heavy atom. The van der Waals surface area contributed by atoms with E-state index in [0.717, 1.165) is 22.8 Å². The highest BCUT2D eigenvalue weighted by Crippen LogP contribution is 2.15. The molecule has 1 atom stereocenters. The minimum Gasteiger partial charge on any atom is -0.497 e. The topological polar surface area (TPSA) is 69.4 Å². The molecule has 1 unspecified atom stereocenters. The van der Waals surface area contributed by atoms with Gasteiger partial charge in [-0.2, -0.15) is 0 Å². The Kier molecular flexibility index (Phi) is 5.77. The van der Waals surface area contributed by atoms with Crippen LogP contribution in [-0.2, 0) is 17.9 Å². The maximum Gasteiger partial charge on any atom is 0.158 e. The summed E-state index contributed by atoms with van der Waals surface area (Å²) < 4.78 is 12.6. The molecule has 0 aliphatic heterocycles. The third-order valence-corrected chi connectivity index (χ3v) is 3.75. The van der Waals surface area contributed by atoms with Crippen molar-refractivity contribution in [1.29, 1.82) is 0 Å². The molecule has 130 valence electrons. The first-order valence-electron chi connectivity index (χ1n) is 8.07. The number of aromatic nitrogens is 3. The first-order chi connectivity index (χ1) is 12.3. The summed E-state index contributed by atoms with van der Waals surface area (Å²) in [7, 11) is 1.64. The molecule has 3 aromatic rings. The molecule has 25 heavy (non-hydrogen) atoms. The van der Waals surface area contributed by atoms with E-state index in [4.69, 9.17) is 9.47 Å². The fourth-order valence-corrected chi connectivity index (χ4v) is 2.50. The number of nitrogens with zero attached hydrogens (tertiary/aromatic N) is 3. The van der Waals surface area contributed by atoms with E-state index < -0.39 is 6.10 Å². The van der Waals surface area contributed by atoms with Gasteiger partial charge in [-0.3, -0.25) is 4.98 Å². The van der Waals surface area contributed by atoms with Crippen LogP contribution in [0.2, 0.25) is 0 Å². The van der Waals surface area contributed by atoms with Crippen LogP contribution in [0.5, 0.6) is 5.75 Å². The second-order valence-electron chi connectivity index (χ2n) is 5.64. The maximum absolute atomic E-state index is 10.2. The van der Waals surface area contributed by atoms with Gasteiger partial charge in [-0.15, -0.1) is 0 Å². The zero-order valence-electron chi connectivity index (χ0n) is 14.1. The molecular weight excluding hydrogens is 318 g/mol. The van der Waals surface area contributed by atoms with Crippen LogP contribution in [-0.4, -0.2) is 39.5 Å². The molecule has 0 aliphatic carbocycles. The highest BCUT2D eigenvalue weighted by molar-refractivity contribution is 5.49. The molecule has 1 aromatic carbocycles. The van der Waals surface area contributed by atoms with Crippen molar-refractivity contribution in [1.82, 2.24) is 14.5 Å². The monoisotopic (exact) mass is 339 g/mol. The summed E-state index contributed by atoms with van der Waals surface area (Å²) in [5, 5.41) is 10.2. The lowest BCUT2D eigenvalue weighted by Gasteiger charge is -2.14. The standard InChI is InChI=1S/C19H21N3O3/c1-24-17-7-5-15(6-8-17)13-25-14-16(23)12-22-11-10-21-19(22)18-4-2-3-9-20-18/h2-11,16,23H,12-14H2,1H3. The number of pyridine rings is 1. The van der Waals surface area contributed by atoms with Gasteiger partial charge in [-0.25, -0.2) is 4.98 Å². The van der Waals surface area contributed by atoms with Gasteiger partial charge in [-0.1, -0.05) is 18.2 Å². The third kappa shape index (κ3) is 4.65. The van der Waals surface area contributed by atoms with Crippen LogP contribution in [0, 0.1) is 0 Å². The Morgan fingerprint density at radius 3 is 2.64 bits per heavy atom. The van der Waals surface area contributed by atoms with Crippen molar-refractivity contribution in [2.45, 2.75) is 19.3 Å². The number of hydrogen-bond acceptors (Lipinski definition) is 5. The Balaban J connectivity index is 1.51. The molecule has 6 heteroatoms. The van der Waals surface area contributed by atoms with Crippen molar-refractivity contribution in [3.63, 3.8) is 0 Å². The van der Waals surface area contributed by atoms with Crippen LogP contribution in [0.3, 0.4) is 0 Å². The second-order valence-corrected chi connectivity index (χ2v) is 5.64. The maximum atomic E-state index is 10.2. The summed E-state index contributed by atoms with van der Waals surface area (Å²) in [6.07, 6.45) is 4.63. The number of aliphatic hydroxyl groups is 1. The molecule has 1 N–H and O–H groups in total. The quantitative estimate of drug-likeness (QED) is 0.683. The van der Waals surface area contributed by atoms with Crippen LogP contribution >= 0.6 is 0 Å². The van der Waals surface area contributed by atoms with Crippen LogP contribution in [0.4, 0.5) is 0 Å². The highest BCUT2D eigenvalue weighted by Gasteiger charge is 2.11. The van der Waals surface area contributed by atoms with E-state index >= 15 is 0 Å². The lowest BCUT2D eigenvalue weighted by atomic mass is 10.2. The summed E-state index contributed by atoms with van der Waals surface area (Å²) in [6, 6.07) is 13.3. The molecule has 6 nitrogen and oxygen atoms in total. The van der Waals surface area contributed by atoms with E-state index in [9.17, 15) is 5.11 Å². The van der Waals surface area contributed by atoms with Crippen molar-refractivity contribution < 1.29 is 14.6 Å². The fourth-order valence-electron chi connectivity index (χ4n) is 2.50. The van der Waals surface area contributed by atoms with Crippen molar-refractivity contribution in [2.24, 2.45) is 0 Å². The Hall–Kier alpha value is -2.70. The molecule has 0 aliphatic rings. The molecule has 0 radical (unpaired) electrons. The molecule has 3 rings (SSSR count). The second kappa shape index (κ2) is 8.41. The van der Waals surface area contributed by atoms with Gasteiger partial charge in [0.2, 0.25) is 0 Å².